The number of nitrogens with one attached hydrogen (secondary N) is 2. The van der Waals surface area contributed by atoms with Crippen LogP contribution < -0.4 is 14.8 Å². The Hall–Kier alpha value is -3.49. The SMILES string of the molecule is CCOc1c(-c2ccncc2OC)ccc2[nH]c(Cc3cc(CN4CCNCC4)ccn3)nc12. The maximum Gasteiger partial charge on any atom is 0.155 e. The van der Waals surface area contributed by atoms with E-state index in [1.54, 1.807) is 19.5 Å². The van der Waals surface area contributed by atoms with E-state index in [0.717, 1.165) is 72.2 Å². The van der Waals surface area contributed by atoms with Crippen molar-refractivity contribution in [2.45, 2.75) is 19.9 Å². The summed E-state index contributed by atoms with van der Waals surface area (Å²) in [7, 11) is 1.65. The zero-order valence-electron chi connectivity index (χ0n) is 19.7. The molecule has 0 amide bonds. The van der Waals surface area contributed by atoms with Crippen molar-refractivity contribution < 1.29 is 9.47 Å². The summed E-state index contributed by atoms with van der Waals surface area (Å²) in [5, 5.41) is 3.40. The molecule has 0 aliphatic carbocycles. The second-order valence-corrected chi connectivity index (χ2v) is 8.39. The van der Waals surface area contributed by atoms with Gasteiger partial charge >= 0.3 is 0 Å². The Labute approximate surface area is 199 Å². The van der Waals surface area contributed by atoms with Gasteiger partial charge in [0.25, 0.3) is 0 Å². The van der Waals surface area contributed by atoms with Crippen LogP contribution in [-0.4, -0.2) is 64.7 Å². The van der Waals surface area contributed by atoms with Crippen molar-refractivity contribution in [1.29, 1.82) is 0 Å². The highest BCUT2D eigenvalue weighted by Gasteiger charge is 2.18. The highest BCUT2D eigenvalue weighted by atomic mass is 16.5. The van der Waals surface area contributed by atoms with Gasteiger partial charge in [0.1, 0.15) is 17.1 Å². The number of H-pyrrole nitrogens is 1. The third-order valence-corrected chi connectivity index (χ3v) is 6.09. The van der Waals surface area contributed by atoms with E-state index in [4.69, 9.17) is 14.5 Å². The van der Waals surface area contributed by atoms with E-state index in [-0.39, 0.29) is 0 Å². The molecule has 176 valence electrons. The molecule has 34 heavy (non-hydrogen) atoms. The van der Waals surface area contributed by atoms with E-state index in [2.05, 4.69) is 37.3 Å². The van der Waals surface area contributed by atoms with Gasteiger partial charge in [-0.3, -0.25) is 14.9 Å². The van der Waals surface area contributed by atoms with Crippen LogP contribution in [0.25, 0.3) is 22.2 Å². The molecule has 2 N–H and O–H groups in total. The number of hydrogen-bond acceptors (Lipinski definition) is 7. The normalized spacial score (nSPS) is 14.4. The lowest BCUT2D eigenvalue weighted by Crippen LogP contribution is -2.42. The molecule has 1 aromatic carbocycles. The number of imidazole rings is 1. The lowest BCUT2D eigenvalue weighted by Gasteiger charge is -2.27. The van der Waals surface area contributed by atoms with Gasteiger partial charge in [0.15, 0.2) is 5.75 Å². The number of piperazine rings is 1. The first-order chi connectivity index (χ1) is 16.7. The standard InChI is InChI=1S/C26H30N6O2/c1-3-34-26-21(20-7-8-28-16-23(20)33-2)4-5-22-25(26)31-24(30-22)15-19-14-18(6-9-29-19)17-32-12-10-27-11-13-32/h4-9,14,16,27H,3,10-13,15,17H2,1-2H3,(H,30,31). The lowest BCUT2D eigenvalue weighted by atomic mass is 10.0. The van der Waals surface area contributed by atoms with Crippen LogP contribution in [0.2, 0.25) is 0 Å². The molecule has 0 saturated carbocycles. The molecule has 1 aliphatic heterocycles. The van der Waals surface area contributed by atoms with Crippen molar-refractivity contribution >= 4 is 11.0 Å². The molecule has 3 aromatic heterocycles. The molecule has 1 saturated heterocycles. The molecule has 4 aromatic rings. The van der Waals surface area contributed by atoms with Crippen LogP contribution in [0.15, 0.2) is 48.9 Å². The number of aromatic nitrogens is 4. The average Bonchev–Trinajstić information content (AvgIpc) is 3.28. The summed E-state index contributed by atoms with van der Waals surface area (Å²) in [5.74, 6) is 2.30. The van der Waals surface area contributed by atoms with Crippen LogP contribution in [0.1, 0.15) is 24.0 Å². The summed E-state index contributed by atoms with van der Waals surface area (Å²) >= 11 is 0. The monoisotopic (exact) mass is 458 g/mol. The Morgan fingerprint density at radius 1 is 1.06 bits per heavy atom. The molecule has 1 aliphatic rings. The molecule has 8 nitrogen and oxygen atoms in total. The minimum Gasteiger partial charge on any atom is -0.494 e. The van der Waals surface area contributed by atoms with Gasteiger partial charge in [-0.05, 0) is 42.8 Å². The highest BCUT2D eigenvalue weighted by Crippen LogP contribution is 2.39. The number of aromatic amines is 1. The van der Waals surface area contributed by atoms with Gasteiger partial charge in [0.05, 0.1) is 25.4 Å². The Kier molecular flexibility index (Phi) is 6.69. The first-order valence-electron chi connectivity index (χ1n) is 11.7. The van der Waals surface area contributed by atoms with Crippen LogP contribution >= 0.6 is 0 Å². The molecule has 5 rings (SSSR count). The predicted octanol–water partition coefficient (Wildman–Crippen LogP) is 3.42. The van der Waals surface area contributed by atoms with Crippen molar-refractivity contribution in [3.8, 4) is 22.6 Å². The molecule has 4 heterocycles. The second-order valence-electron chi connectivity index (χ2n) is 8.39. The van der Waals surface area contributed by atoms with Crippen molar-refractivity contribution in [2.75, 3.05) is 39.9 Å². The Morgan fingerprint density at radius 2 is 1.94 bits per heavy atom. The maximum atomic E-state index is 6.09. The molecule has 0 radical (unpaired) electrons. The number of benzene rings is 1. The summed E-state index contributed by atoms with van der Waals surface area (Å²) in [6.07, 6.45) is 6.00. The summed E-state index contributed by atoms with van der Waals surface area (Å²) < 4.78 is 11.6. The summed E-state index contributed by atoms with van der Waals surface area (Å²) in [6, 6.07) is 10.3. The Balaban J connectivity index is 1.44. The number of hydrogen-bond donors (Lipinski definition) is 2. The molecule has 0 atom stereocenters. The molecular weight excluding hydrogens is 428 g/mol. The van der Waals surface area contributed by atoms with Gasteiger partial charge in [-0.25, -0.2) is 4.98 Å². The van der Waals surface area contributed by atoms with Crippen molar-refractivity contribution in [3.05, 3.63) is 66.0 Å². The van der Waals surface area contributed by atoms with Gasteiger partial charge in [-0.1, -0.05) is 0 Å². The number of nitrogens with zero attached hydrogens (tertiary/aromatic N) is 4. The fourth-order valence-electron chi connectivity index (χ4n) is 4.47. The van der Waals surface area contributed by atoms with Gasteiger partial charge in [-0.15, -0.1) is 0 Å². The average molecular weight is 459 g/mol. The number of pyridine rings is 2. The molecule has 0 bridgehead atoms. The molecule has 1 fully saturated rings. The van der Waals surface area contributed by atoms with Crippen LogP contribution in [0, 0.1) is 0 Å². The van der Waals surface area contributed by atoms with E-state index in [0.29, 0.717) is 18.8 Å². The van der Waals surface area contributed by atoms with Gasteiger partial charge < -0.3 is 19.8 Å². The third-order valence-electron chi connectivity index (χ3n) is 6.09. The summed E-state index contributed by atoms with van der Waals surface area (Å²) in [6.45, 7) is 7.71. The number of rotatable bonds is 8. The fraction of sp³-hybridized carbons (Fsp3) is 0.346. The minimum absolute atomic E-state index is 0.539. The summed E-state index contributed by atoms with van der Waals surface area (Å²) in [5.41, 5.74) is 5.89. The zero-order valence-corrected chi connectivity index (χ0v) is 19.7. The maximum absolute atomic E-state index is 6.09. The zero-order chi connectivity index (χ0) is 23.3. The highest BCUT2D eigenvalue weighted by molar-refractivity contribution is 5.92. The van der Waals surface area contributed by atoms with Crippen LogP contribution in [0.3, 0.4) is 0 Å². The molecular formula is C26H30N6O2. The fourth-order valence-corrected chi connectivity index (χ4v) is 4.47. The summed E-state index contributed by atoms with van der Waals surface area (Å²) in [4.78, 5) is 19.6. The van der Waals surface area contributed by atoms with Gasteiger partial charge in [-0.2, -0.15) is 0 Å². The van der Waals surface area contributed by atoms with E-state index >= 15 is 0 Å². The van der Waals surface area contributed by atoms with Crippen LogP contribution in [0.5, 0.6) is 11.5 Å². The third kappa shape index (κ3) is 4.73. The van der Waals surface area contributed by atoms with E-state index in [1.165, 1.54) is 5.56 Å². The number of fused-ring (bicyclic) bond motifs is 1. The van der Waals surface area contributed by atoms with Crippen molar-refractivity contribution in [3.63, 3.8) is 0 Å². The predicted molar refractivity (Wildman–Crippen MR) is 132 cm³/mol. The van der Waals surface area contributed by atoms with E-state index < -0.39 is 0 Å². The van der Waals surface area contributed by atoms with Crippen LogP contribution in [-0.2, 0) is 13.0 Å². The van der Waals surface area contributed by atoms with Gasteiger partial charge in [0, 0.05) is 68.4 Å². The number of methoxy groups -OCH3 is 1. The van der Waals surface area contributed by atoms with Crippen molar-refractivity contribution in [1.82, 2.24) is 30.2 Å². The smallest absolute Gasteiger partial charge is 0.155 e. The largest absolute Gasteiger partial charge is 0.494 e. The van der Waals surface area contributed by atoms with E-state index in [9.17, 15) is 0 Å². The second kappa shape index (κ2) is 10.2. The first-order valence-corrected chi connectivity index (χ1v) is 11.7. The first kappa shape index (κ1) is 22.3. The Bertz CT molecular complexity index is 1270. The number of ether oxygens (including phenoxy) is 2. The molecule has 8 heteroatoms. The lowest BCUT2D eigenvalue weighted by molar-refractivity contribution is 0.233. The van der Waals surface area contributed by atoms with Crippen LogP contribution in [0.4, 0.5) is 0 Å². The molecule has 0 spiro atoms. The quantitative estimate of drug-likeness (QED) is 0.418. The van der Waals surface area contributed by atoms with Crippen molar-refractivity contribution in [2.24, 2.45) is 0 Å². The Morgan fingerprint density at radius 3 is 2.76 bits per heavy atom. The minimum atomic E-state index is 0.539. The molecule has 0 unspecified atom stereocenters. The van der Waals surface area contributed by atoms with Gasteiger partial charge in [0.2, 0.25) is 0 Å². The van der Waals surface area contributed by atoms with E-state index in [1.807, 2.05) is 31.3 Å². The topological polar surface area (TPSA) is 88.2 Å².